The number of hydrogen-bond donors (Lipinski definition) is 0. The third-order valence-electron chi connectivity index (χ3n) is 16.4. The number of carbonyl (C=O) groups is 1. The standard InChI is InChI=1S/C46H80O2/c1-10-11-12-13-14-15-16-17-18-19-20-21-22-23-40(47)48-39-27-31-44(7)35(42(39,4)5)25-29-45(8)36-24-28-43(6)33-32-41(2,3)34-38(43)46(36,9)30-26-37(44)45/h24,35,37-39H,10-23,25-34H2,1-9H3. The molecular weight excluding hydrogens is 585 g/mol. The third kappa shape index (κ3) is 7.55. The molecule has 0 amide bonds. The fourth-order valence-corrected chi connectivity index (χ4v) is 13.5. The van der Waals surface area contributed by atoms with Gasteiger partial charge in [0.25, 0.3) is 0 Å². The number of rotatable bonds is 15. The summed E-state index contributed by atoms with van der Waals surface area (Å²) in [6.45, 7) is 23.0. The van der Waals surface area contributed by atoms with Gasteiger partial charge in [0.15, 0.2) is 0 Å². The minimum atomic E-state index is 0.0354. The van der Waals surface area contributed by atoms with Crippen molar-refractivity contribution < 1.29 is 9.53 Å². The lowest BCUT2D eigenvalue weighted by molar-refractivity contribution is -0.200. The van der Waals surface area contributed by atoms with E-state index < -0.39 is 0 Å². The second-order valence-electron chi connectivity index (χ2n) is 20.8. The predicted octanol–water partition coefficient (Wildman–Crippen LogP) is 14.2. The summed E-state index contributed by atoms with van der Waals surface area (Å²) in [6.07, 6.45) is 34.0. The first-order valence-corrected chi connectivity index (χ1v) is 21.5. The van der Waals surface area contributed by atoms with Gasteiger partial charge in [-0.25, -0.2) is 0 Å². The summed E-state index contributed by atoms with van der Waals surface area (Å²) in [5.41, 5.74) is 3.86. The van der Waals surface area contributed by atoms with Crippen molar-refractivity contribution in [1.29, 1.82) is 0 Å². The maximum Gasteiger partial charge on any atom is 0.306 e. The Morgan fingerprint density at radius 2 is 1.19 bits per heavy atom. The van der Waals surface area contributed by atoms with Crippen LogP contribution in [0.3, 0.4) is 0 Å². The third-order valence-corrected chi connectivity index (χ3v) is 16.4. The molecule has 0 radical (unpaired) electrons. The monoisotopic (exact) mass is 665 g/mol. The summed E-state index contributed by atoms with van der Waals surface area (Å²) < 4.78 is 6.41. The van der Waals surface area contributed by atoms with Gasteiger partial charge < -0.3 is 4.74 Å². The Morgan fingerprint density at radius 3 is 1.79 bits per heavy atom. The molecule has 0 aromatic heterocycles. The highest BCUT2D eigenvalue weighted by molar-refractivity contribution is 5.69. The maximum absolute atomic E-state index is 13.2. The lowest BCUT2D eigenvalue weighted by Crippen LogP contribution is -2.63. The van der Waals surface area contributed by atoms with Gasteiger partial charge in [0.05, 0.1) is 0 Å². The van der Waals surface area contributed by atoms with Crippen molar-refractivity contribution in [1.82, 2.24) is 0 Å². The molecule has 0 aromatic carbocycles. The van der Waals surface area contributed by atoms with Crippen molar-refractivity contribution in [2.24, 2.45) is 50.2 Å². The van der Waals surface area contributed by atoms with Crippen LogP contribution in [0.25, 0.3) is 0 Å². The molecule has 48 heavy (non-hydrogen) atoms. The smallest absolute Gasteiger partial charge is 0.306 e. The number of ether oxygens (including phenoxy) is 1. The predicted molar refractivity (Wildman–Crippen MR) is 205 cm³/mol. The Hall–Kier alpha value is -0.790. The molecule has 0 aliphatic heterocycles. The summed E-state index contributed by atoms with van der Waals surface area (Å²) >= 11 is 0. The Morgan fingerprint density at radius 1 is 0.646 bits per heavy atom. The van der Waals surface area contributed by atoms with E-state index in [0.29, 0.717) is 39.4 Å². The van der Waals surface area contributed by atoms with Gasteiger partial charge in [0.1, 0.15) is 6.10 Å². The van der Waals surface area contributed by atoms with E-state index in [-0.39, 0.29) is 17.5 Å². The largest absolute Gasteiger partial charge is 0.462 e. The molecule has 0 aromatic rings. The maximum atomic E-state index is 13.2. The molecule has 2 nitrogen and oxygen atoms in total. The summed E-state index contributed by atoms with van der Waals surface area (Å²) in [5.74, 6) is 2.25. The number of fused-ring (bicyclic) bond motifs is 7. The number of hydrogen-bond acceptors (Lipinski definition) is 2. The minimum Gasteiger partial charge on any atom is -0.462 e. The van der Waals surface area contributed by atoms with E-state index in [1.54, 1.807) is 0 Å². The van der Waals surface area contributed by atoms with Crippen LogP contribution in [0.4, 0.5) is 0 Å². The van der Waals surface area contributed by atoms with Gasteiger partial charge in [0, 0.05) is 11.8 Å². The number of esters is 1. The molecule has 0 N–H and O–H groups in total. The van der Waals surface area contributed by atoms with Crippen LogP contribution in [0.5, 0.6) is 0 Å². The fraction of sp³-hybridized carbons (Fsp3) is 0.935. The molecule has 0 spiro atoms. The number of carbonyl (C=O) groups excluding carboxylic acids is 1. The molecule has 0 saturated heterocycles. The van der Waals surface area contributed by atoms with Gasteiger partial charge in [-0.3, -0.25) is 4.79 Å². The van der Waals surface area contributed by atoms with E-state index in [9.17, 15) is 4.79 Å². The first-order valence-electron chi connectivity index (χ1n) is 21.5. The highest BCUT2D eigenvalue weighted by Crippen LogP contribution is 2.75. The van der Waals surface area contributed by atoms with Crippen LogP contribution in [0.2, 0.25) is 0 Å². The van der Waals surface area contributed by atoms with Crippen LogP contribution in [0.15, 0.2) is 11.6 Å². The van der Waals surface area contributed by atoms with E-state index in [2.05, 4.69) is 68.4 Å². The molecule has 276 valence electrons. The van der Waals surface area contributed by atoms with Gasteiger partial charge in [-0.2, -0.15) is 0 Å². The van der Waals surface area contributed by atoms with Crippen molar-refractivity contribution in [2.45, 2.75) is 223 Å². The SMILES string of the molecule is CCCCCCCCCCCCCCCC(=O)OC1CCC2(C)C3CCC4(C)C(=CCC5(C)CCC(C)(C)CC54)C3(C)CCC2C1(C)C. The first-order chi connectivity index (χ1) is 22.6. The van der Waals surface area contributed by atoms with Gasteiger partial charge in [-0.15, -0.1) is 0 Å². The minimum absolute atomic E-state index is 0.0354. The second-order valence-corrected chi connectivity index (χ2v) is 20.8. The van der Waals surface area contributed by atoms with Gasteiger partial charge in [-0.1, -0.05) is 151 Å². The van der Waals surface area contributed by atoms with Crippen LogP contribution in [0.1, 0.15) is 216 Å². The quantitative estimate of drug-likeness (QED) is 0.0989. The fourth-order valence-electron chi connectivity index (χ4n) is 13.5. The van der Waals surface area contributed by atoms with E-state index >= 15 is 0 Å². The first kappa shape index (κ1) is 38.4. The Bertz CT molecular complexity index is 1120. The molecule has 8 atom stereocenters. The lowest BCUT2D eigenvalue weighted by atomic mass is 9.34. The van der Waals surface area contributed by atoms with Crippen molar-refractivity contribution in [3.63, 3.8) is 0 Å². The normalized spacial score (nSPS) is 39.7. The van der Waals surface area contributed by atoms with Crippen molar-refractivity contribution >= 4 is 5.97 Å². The van der Waals surface area contributed by atoms with Gasteiger partial charge in [0.2, 0.25) is 0 Å². The van der Waals surface area contributed by atoms with Crippen LogP contribution in [-0.2, 0) is 9.53 Å². The van der Waals surface area contributed by atoms with Crippen LogP contribution in [-0.4, -0.2) is 12.1 Å². The lowest BCUT2D eigenvalue weighted by Gasteiger charge is -2.70. The zero-order valence-corrected chi connectivity index (χ0v) is 33.7. The number of unbranched alkanes of at least 4 members (excludes halogenated alkanes) is 12. The molecule has 0 heterocycles. The van der Waals surface area contributed by atoms with Crippen LogP contribution >= 0.6 is 0 Å². The molecule has 8 unspecified atom stereocenters. The van der Waals surface area contributed by atoms with Crippen LogP contribution in [0, 0.1) is 50.2 Å². The Labute approximate surface area is 299 Å². The molecule has 0 bridgehead atoms. The molecular formula is C46H80O2. The highest BCUT2D eigenvalue weighted by atomic mass is 16.5. The zero-order chi connectivity index (χ0) is 34.8. The van der Waals surface area contributed by atoms with E-state index in [4.69, 9.17) is 4.74 Å². The summed E-state index contributed by atoms with van der Waals surface area (Å²) in [6, 6.07) is 0. The summed E-state index contributed by atoms with van der Waals surface area (Å²) in [7, 11) is 0. The molecule has 4 saturated carbocycles. The topological polar surface area (TPSA) is 26.3 Å². The molecule has 5 aliphatic rings. The van der Waals surface area contributed by atoms with E-state index in [1.165, 1.54) is 135 Å². The average Bonchev–Trinajstić information content (AvgIpc) is 3.01. The Kier molecular flexibility index (Phi) is 12.1. The summed E-state index contributed by atoms with van der Waals surface area (Å²) in [5, 5.41) is 0. The molecule has 5 aliphatic carbocycles. The van der Waals surface area contributed by atoms with E-state index in [1.807, 2.05) is 5.57 Å². The van der Waals surface area contributed by atoms with Gasteiger partial charge in [-0.05, 0) is 115 Å². The zero-order valence-electron chi connectivity index (χ0n) is 33.7. The highest BCUT2D eigenvalue weighted by Gasteiger charge is 2.67. The number of allylic oxidation sites excluding steroid dienone is 2. The van der Waals surface area contributed by atoms with Crippen molar-refractivity contribution in [3.8, 4) is 0 Å². The van der Waals surface area contributed by atoms with Gasteiger partial charge >= 0.3 is 5.97 Å². The molecule has 2 heteroatoms. The Balaban J connectivity index is 1.11. The average molecular weight is 665 g/mol. The van der Waals surface area contributed by atoms with Crippen molar-refractivity contribution in [2.75, 3.05) is 0 Å². The summed E-state index contributed by atoms with van der Waals surface area (Å²) in [4.78, 5) is 13.2. The van der Waals surface area contributed by atoms with Crippen LogP contribution < -0.4 is 0 Å². The molecule has 5 rings (SSSR count). The van der Waals surface area contributed by atoms with Crippen molar-refractivity contribution in [3.05, 3.63) is 11.6 Å². The second kappa shape index (κ2) is 15.1. The molecule has 4 fully saturated rings. The van der Waals surface area contributed by atoms with E-state index in [0.717, 1.165) is 24.7 Å².